The van der Waals surface area contributed by atoms with Crippen molar-refractivity contribution >= 4 is 5.97 Å². The Morgan fingerprint density at radius 1 is 1.15 bits per heavy atom. The lowest BCUT2D eigenvalue weighted by Crippen LogP contribution is -2.24. The second-order valence-corrected chi connectivity index (χ2v) is 6.67. The monoisotopic (exact) mass is 362 g/mol. The number of nitrogens with zero attached hydrogens (tertiary/aromatic N) is 4. The first-order chi connectivity index (χ1) is 12.3. The van der Waals surface area contributed by atoms with Gasteiger partial charge in [0.15, 0.2) is 13.0 Å². The fourth-order valence-electron chi connectivity index (χ4n) is 2.06. The SMILES string of the molecule is CCOC(OCC)c1ccc(-c2cn(COC(=O)C(C)(C)C)nn2)nc1. The normalized spacial score (nSPS) is 11.8. The van der Waals surface area contributed by atoms with E-state index in [0.717, 1.165) is 5.56 Å². The summed E-state index contributed by atoms with van der Waals surface area (Å²) in [7, 11) is 0. The van der Waals surface area contributed by atoms with Gasteiger partial charge in [-0.3, -0.25) is 9.78 Å². The molecule has 0 saturated heterocycles. The van der Waals surface area contributed by atoms with Crippen molar-refractivity contribution in [3.8, 4) is 11.4 Å². The van der Waals surface area contributed by atoms with E-state index in [-0.39, 0.29) is 12.7 Å². The number of carbonyl (C=O) groups is 1. The summed E-state index contributed by atoms with van der Waals surface area (Å²) in [6.45, 7) is 10.3. The molecule has 2 rings (SSSR count). The van der Waals surface area contributed by atoms with Crippen LogP contribution in [0.2, 0.25) is 0 Å². The van der Waals surface area contributed by atoms with Crippen LogP contribution in [0.4, 0.5) is 0 Å². The minimum atomic E-state index is -0.557. The van der Waals surface area contributed by atoms with Crippen molar-refractivity contribution in [2.45, 2.75) is 47.6 Å². The van der Waals surface area contributed by atoms with Gasteiger partial charge in [-0.2, -0.15) is 0 Å². The Bertz CT molecular complexity index is 701. The first-order valence-corrected chi connectivity index (χ1v) is 8.62. The molecule has 0 N–H and O–H groups in total. The largest absolute Gasteiger partial charge is 0.442 e. The van der Waals surface area contributed by atoms with Crippen LogP contribution < -0.4 is 0 Å². The van der Waals surface area contributed by atoms with Gasteiger partial charge in [-0.05, 0) is 40.7 Å². The minimum Gasteiger partial charge on any atom is -0.442 e. The van der Waals surface area contributed by atoms with Gasteiger partial charge in [0.25, 0.3) is 0 Å². The molecule has 0 aliphatic carbocycles. The summed E-state index contributed by atoms with van der Waals surface area (Å²) in [4.78, 5) is 16.2. The van der Waals surface area contributed by atoms with Crippen molar-refractivity contribution in [3.05, 3.63) is 30.1 Å². The quantitative estimate of drug-likeness (QED) is 0.527. The van der Waals surface area contributed by atoms with E-state index in [9.17, 15) is 4.79 Å². The summed E-state index contributed by atoms with van der Waals surface area (Å²) < 4.78 is 17.8. The van der Waals surface area contributed by atoms with Gasteiger partial charge >= 0.3 is 5.97 Å². The van der Waals surface area contributed by atoms with Crippen LogP contribution in [0.3, 0.4) is 0 Å². The molecule has 0 atom stereocenters. The van der Waals surface area contributed by atoms with Gasteiger partial charge in [0, 0.05) is 25.0 Å². The van der Waals surface area contributed by atoms with Crippen LogP contribution in [0.15, 0.2) is 24.5 Å². The third kappa shape index (κ3) is 5.34. The van der Waals surface area contributed by atoms with Crippen LogP contribution in [0.5, 0.6) is 0 Å². The molecule has 0 spiro atoms. The van der Waals surface area contributed by atoms with Crippen LogP contribution in [0.1, 0.15) is 46.5 Å². The molecule has 2 aromatic heterocycles. The smallest absolute Gasteiger partial charge is 0.313 e. The Balaban J connectivity index is 2.03. The molecule has 0 aliphatic heterocycles. The number of hydrogen-bond acceptors (Lipinski definition) is 7. The lowest BCUT2D eigenvalue weighted by molar-refractivity contribution is -0.157. The molecule has 0 saturated carbocycles. The highest BCUT2D eigenvalue weighted by atomic mass is 16.7. The van der Waals surface area contributed by atoms with Crippen LogP contribution in [0.25, 0.3) is 11.4 Å². The topological polar surface area (TPSA) is 88.4 Å². The lowest BCUT2D eigenvalue weighted by Gasteiger charge is -2.16. The van der Waals surface area contributed by atoms with E-state index in [4.69, 9.17) is 14.2 Å². The predicted octanol–water partition coefficient (Wildman–Crippen LogP) is 2.96. The van der Waals surface area contributed by atoms with Crippen molar-refractivity contribution in [2.75, 3.05) is 13.2 Å². The Hall–Kier alpha value is -2.32. The maximum absolute atomic E-state index is 11.8. The molecular weight excluding hydrogens is 336 g/mol. The van der Waals surface area contributed by atoms with Gasteiger partial charge in [-0.25, -0.2) is 4.68 Å². The third-order valence-corrected chi connectivity index (χ3v) is 3.44. The molecule has 26 heavy (non-hydrogen) atoms. The second kappa shape index (κ2) is 8.86. The first kappa shape index (κ1) is 20.0. The third-order valence-electron chi connectivity index (χ3n) is 3.44. The van der Waals surface area contributed by atoms with Crippen molar-refractivity contribution in [2.24, 2.45) is 5.41 Å². The fraction of sp³-hybridized carbons (Fsp3) is 0.556. The molecule has 0 amide bonds. The van der Waals surface area contributed by atoms with E-state index in [0.29, 0.717) is 24.6 Å². The molecule has 8 nitrogen and oxygen atoms in total. The van der Waals surface area contributed by atoms with Gasteiger partial charge in [0.05, 0.1) is 17.3 Å². The molecule has 0 aliphatic rings. The highest BCUT2D eigenvalue weighted by Gasteiger charge is 2.23. The Kier molecular flexibility index (Phi) is 6.82. The van der Waals surface area contributed by atoms with Crippen LogP contribution in [0, 0.1) is 5.41 Å². The summed E-state index contributed by atoms with van der Waals surface area (Å²) in [6.07, 6.45) is 2.95. The fourth-order valence-corrected chi connectivity index (χ4v) is 2.06. The average molecular weight is 362 g/mol. The zero-order valence-corrected chi connectivity index (χ0v) is 15.9. The number of hydrogen-bond donors (Lipinski definition) is 0. The van der Waals surface area contributed by atoms with Crippen molar-refractivity contribution in [1.29, 1.82) is 0 Å². The molecule has 2 aromatic rings. The molecule has 8 heteroatoms. The van der Waals surface area contributed by atoms with E-state index >= 15 is 0 Å². The van der Waals surface area contributed by atoms with Crippen molar-refractivity contribution < 1.29 is 19.0 Å². The molecular formula is C18H26N4O4. The highest BCUT2D eigenvalue weighted by molar-refractivity contribution is 5.75. The molecule has 0 fully saturated rings. The number of carbonyl (C=O) groups excluding carboxylic acids is 1. The standard InChI is InChI=1S/C18H26N4O4/c1-6-24-16(25-7-2)13-8-9-14(19-10-13)15-11-22(21-20-15)12-26-17(23)18(3,4)5/h8-11,16H,6-7,12H2,1-5H3. The first-order valence-electron chi connectivity index (χ1n) is 8.62. The molecule has 2 heterocycles. The maximum atomic E-state index is 11.8. The maximum Gasteiger partial charge on any atom is 0.313 e. The van der Waals surface area contributed by atoms with Gasteiger partial charge in [0.2, 0.25) is 0 Å². The van der Waals surface area contributed by atoms with Crippen LogP contribution in [-0.2, 0) is 25.7 Å². The Morgan fingerprint density at radius 3 is 2.38 bits per heavy atom. The summed E-state index contributed by atoms with van der Waals surface area (Å²) >= 11 is 0. The van der Waals surface area contributed by atoms with E-state index < -0.39 is 11.7 Å². The molecule has 0 radical (unpaired) electrons. The number of ether oxygens (including phenoxy) is 3. The Morgan fingerprint density at radius 2 is 1.85 bits per heavy atom. The summed E-state index contributed by atoms with van der Waals surface area (Å²) in [5.74, 6) is -0.296. The zero-order chi connectivity index (χ0) is 19.2. The van der Waals surface area contributed by atoms with E-state index in [1.54, 1.807) is 33.2 Å². The van der Waals surface area contributed by atoms with E-state index in [1.807, 2.05) is 26.0 Å². The van der Waals surface area contributed by atoms with Gasteiger partial charge in [-0.1, -0.05) is 11.3 Å². The second-order valence-electron chi connectivity index (χ2n) is 6.67. The Labute approximate surface area is 153 Å². The molecule has 0 aromatic carbocycles. The van der Waals surface area contributed by atoms with Crippen LogP contribution >= 0.6 is 0 Å². The highest BCUT2D eigenvalue weighted by Crippen LogP contribution is 2.21. The number of esters is 1. The summed E-state index contributed by atoms with van der Waals surface area (Å²) in [5, 5.41) is 8.03. The van der Waals surface area contributed by atoms with Gasteiger partial charge in [0.1, 0.15) is 5.69 Å². The van der Waals surface area contributed by atoms with Crippen LogP contribution in [-0.4, -0.2) is 39.2 Å². The van der Waals surface area contributed by atoms with Crippen molar-refractivity contribution in [3.63, 3.8) is 0 Å². The van der Waals surface area contributed by atoms with E-state index in [1.165, 1.54) is 4.68 Å². The van der Waals surface area contributed by atoms with E-state index in [2.05, 4.69) is 15.3 Å². The summed E-state index contributed by atoms with van der Waals surface area (Å²) in [6, 6.07) is 3.72. The lowest BCUT2D eigenvalue weighted by atomic mass is 9.98. The zero-order valence-electron chi connectivity index (χ0n) is 15.9. The number of pyridine rings is 1. The average Bonchev–Trinajstić information content (AvgIpc) is 3.08. The number of rotatable bonds is 8. The minimum absolute atomic E-state index is 0.0118. The van der Waals surface area contributed by atoms with Gasteiger partial charge < -0.3 is 14.2 Å². The van der Waals surface area contributed by atoms with Crippen molar-refractivity contribution in [1.82, 2.24) is 20.0 Å². The van der Waals surface area contributed by atoms with Gasteiger partial charge in [-0.15, -0.1) is 5.10 Å². The predicted molar refractivity (Wildman–Crippen MR) is 94.8 cm³/mol. The molecule has 0 bridgehead atoms. The molecule has 142 valence electrons. The molecule has 0 unspecified atom stereocenters. The number of aromatic nitrogens is 4. The summed E-state index contributed by atoms with van der Waals surface area (Å²) in [5.41, 5.74) is 1.53.